The van der Waals surface area contributed by atoms with E-state index in [0.29, 0.717) is 59.7 Å². The number of carbonyl (C=O) groups is 2. The quantitative estimate of drug-likeness (QED) is 0.569. The molecule has 2 amide bonds. The fraction of sp³-hybridized carbons (Fsp3) is 0.417. The molecule has 0 bridgehead atoms. The van der Waals surface area contributed by atoms with Crippen LogP contribution in [-0.4, -0.2) is 42.5 Å². The van der Waals surface area contributed by atoms with Crippen LogP contribution < -0.4 is 14.8 Å². The smallest absolute Gasteiger partial charge is 0.242 e. The molecule has 0 saturated carbocycles. The lowest BCUT2D eigenvalue weighted by molar-refractivity contribution is -0.141. The van der Waals surface area contributed by atoms with Gasteiger partial charge in [0, 0.05) is 35.1 Å². The van der Waals surface area contributed by atoms with Gasteiger partial charge in [-0.05, 0) is 49.6 Å². The second-order valence-electron chi connectivity index (χ2n) is 7.52. The van der Waals surface area contributed by atoms with Gasteiger partial charge in [0.15, 0.2) is 11.5 Å². The van der Waals surface area contributed by atoms with Gasteiger partial charge in [0.2, 0.25) is 11.8 Å². The molecule has 8 heteroatoms. The first-order valence-corrected chi connectivity index (χ1v) is 11.6. The van der Waals surface area contributed by atoms with Gasteiger partial charge in [-0.2, -0.15) is 0 Å². The lowest BCUT2D eigenvalue weighted by Gasteiger charge is -2.31. The number of ether oxygens (including phenoxy) is 2. The predicted octanol–water partition coefficient (Wildman–Crippen LogP) is 4.64. The summed E-state index contributed by atoms with van der Waals surface area (Å²) in [7, 11) is 0. The molecule has 2 aromatic rings. The van der Waals surface area contributed by atoms with Crippen molar-refractivity contribution in [1.82, 2.24) is 10.2 Å². The Bertz CT molecular complexity index is 947. The Morgan fingerprint density at radius 2 is 1.75 bits per heavy atom. The largest absolute Gasteiger partial charge is 0.486 e. The monoisotopic (exact) mass is 478 g/mol. The minimum atomic E-state index is -0.616. The van der Waals surface area contributed by atoms with Crippen molar-refractivity contribution >= 4 is 35.0 Å². The van der Waals surface area contributed by atoms with Crippen LogP contribution >= 0.6 is 23.2 Å². The van der Waals surface area contributed by atoms with E-state index in [1.807, 2.05) is 32.0 Å². The van der Waals surface area contributed by atoms with Crippen LogP contribution in [-0.2, 0) is 22.6 Å². The average Bonchev–Trinajstić information content (AvgIpc) is 2.79. The van der Waals surface area contributed by atoms with Gasteiger partial charge in [-0.25, -0.2) is 0 Å². The molecule has 0 aromatic heterocycles. The minimum absolute atomic E-state index is 0.144. The van der Waals surface area contributed by atoms with Crippen molar-refractivity contribution in [3.05, 3.63) is 57.6 Å². The molecular weight excluding hydrogens is 451 g/mol. The molecule has 6 nitrogen and oxygen atoms in total. The van der Waals surface area contributed by atoms with Crippen LogP contribution in [0.2, 0.25) is 10.0 Å². The number of hydrogen-bond acceptors (Lipinski definition) is 4. The number of benzene rings is 2. The highest BCUT2D eigenvalue weighted by Crippen LogP contribution is 2.31. The lowest BCUT2D eigenvalue weighted by Crippen LogP contribution is -2.49. The number of hydrogen-bond donors (Lipinski definition) is 1. The molecule has 1 atom stereocenters. The summed E-state index contributed by atoms with van der Waals surface area (Å²) in [5, 5.41) is 3.76. The van der Waals surface area contributed by atoms with Crippen molar-refractivity contribution in [2.75, 3.05) is 19.8 Å². The van der Waals surface area contributed by atoms with E-state index in [9.17, 15) is 9.59 Å². The van der Waals surface area contributed by atoms with Crippen LogP contribution in [0.5, 0.6) is 11.5 Å². The van der Waals surface area contributed by atoms with Gasteiger partial charge in [-0.15, -0.1) is 0 Å². The molecule has 0 saturated heterocycles. The molecule has 0 spiro atoms. The first kappa shape index (κ1) is 24.2. The number of rotatable bonds is 9. The molecule has 1 N–H and O–H groups in total. The van der Waals surface area contributed by atoms with Crippen LogP contribution in [0.4, 0.5) is 0 Å². The Kier molecular flexibility index (Phi) is 8.65. The summed E-state index contributed by atoms with van der Waals surface area (Å²) in [5.74, 6) is 1.07. The van der Waals surface area contributed by atoms with Gasteiger partial charge >= 0.3 is 0 Å². The fourth-order valence-electron chi connectivity index (χ4n) is 3.70. The molecule has 0 aliphatic carbocycles. The van der Waals surface area contributed by atoms with Crippen LogP contribution in [0.25, 0.3) is 0 Å². The van der Waals surface area contributed by atoms with Crippen molar-refractivity contribution in [2.45, 2.75) is 45.7 Å². The summed E-state index contributed by atoms with van der Waals surface area (Å²) in [6.07, 6.45) is 1.22. The molecule has 1 unspecified atom stereocenters. The third-order valence-corrected chi connectivity index (χ3v) is 6.07. The number of carbonyl (C=O) groups excluding carboxylic acids is 2. The van der Waals surface area contributed by atoms with Crippen LogP contribution in [0.15, 0.2) is 36.4 Å². The number of fused-ring (bicyclic) bond motifs is 1. The normalized spacial score (nSPS) is 13.4. The van der Waals surface area contributed by atoms with Crippen LogP contribution in [0.3, 0.4) is 0 Å². The molecule has 1 aliphatic heterocycles. The highest BCUT2D eigenvalue weighted by molar-refractivity contribution is 6.36. The van der Waals surface area contributed by atoms with Crippen molar-refractivity contribution in [3.63, 3.8) is 0 Å². The maximum Gasteiger partial charge on any atom is 0.242 e. The van der Waals surface area contributed by atoms with E-state index in [4.69, 9.17) is 32.7 Å². The van der Waals surface area contributed by atoms with Crippen molar-refractivity contribution in [1.29, 1.82) is 0 Å². The number of amides is 2. The molecule has 2 aromatic carbocycles. The highest BCUT2D eigenvalue weighted by Gasteiger charge is 2.29. The lowest BCUT2D eigenvalue weighted by atomic mass is 10.1. The topological polar surface area (TPSA) is 67.9 Å². The van der Waals surface area contributed by atoms with Crippen molar-refractivity contribution < 1.29 is 19.1 Å². The Morgan fingerprint density at radius 1 is 1.06 bits per heavy atom. The third-order valence-electron chi connectivity index (χ3n) is 5.36. The zero-order chi connectivity index (χ0) is 23.1. The molecule has 32 heavy (non-hydrogen) atoms. The summed E-state index contributed by atoms with van der Waals surface area (Å²) in [6, 6.07) is 10.3. The zero-order valence-electron chi connectivity index (χ0n) is 18.3. The third kappa shape index (κ3) is 5.87. The predicted molar refractivity (Wildman–Crippen MR) is 126 cm³/mol. The Labute approximate surface area is 198 Å². The van der Waals surface area contributed by atoms with E-state index in [1.54, 1.807) is 23.1 Å². The Hall–Kier alpha value is -2.44. The number of nitrogens with one attached hydrogen (secondary N) is 1. The van der Waals surface area contributed by atoms with E-state index in [1.165, 1.54) is 0 Å². The minimum Gasteiger partial charge on any atom is -0.486 e. The summed E-state index contributed by atoms with van der Waals surface area (Å²) in [5.41, 5.74) is 1.59. The molecule has 1 aliphatic rings. The molecular formula is C24H28Cl2N2O4. The van der Waals surface area contributed by atoms with E-state index in [2.05, 4.69) is 5.32 Å². The van der Waals surface area contributed by atoms with Crippen molar-refractivity contribution in [2.24, 2.45) is 0 Å². The number of aryl methyl sites for hydroxylation is 1. The van der Waals surface area contributed by atoms with Crippen LogP contribution in [0.1, 0.15) is 37.8 Å². The first-order chi connectivity index (χ1) is 15.4. The Balaban J connectivity index is 1.80. The standard InChI is InChI=1S/C24H28Cl2N2O4/c1-3-20(24(30)27-4-2)28(15-17-18(25)6-5-7-19(17)26)23(29)11-9-16-8-10-21-22(14-16)32-13-12-31-21/h5-8,10,14,20H,3-4,9,11-13,15H2,1-2H3,(H,27,30). The van der Waals surface area contributed by atoms with Gasteiger partial charge in [0.05, 0.1) is 0 Å². The Morgan fingerprint density at radius 3 is 2.41 bits per heavy atom. The number of nitrogens with zero attached hydrogens (tertiary/aromatic N) is 1. The van der Waals surface area contributed by atoms with E-state index in [-0.39, 0.29) is 24.8 Å². The zero-order valence-corrected chi connectivity index (χ0v) is 19.8. The molecule has 3 rings (SSSR count). The molecule has 0 fully saturated rings. The highest BCUT2D eigenvalue weighted by atomic mass is 35.5. The summed E-state index contributed by atoms with van der Waals surface area (Å²) in [4.78, 5) is 27.6. The summed E-state index contributed by atoms with van der Waals surface area (Å²) >= 11 is 12.7. The van der Waals surface area contributed by atoms with Crippen molar-refractivity contribution in [3.8, 4) is 11.5 Å². The number of halogens is 2. The summed E-state index contributed by atoms with van der Waals surface area (Å²) in [6.45, 7) is 5.42. The summed E-state index contributed by atoms with van der Waals surface area (Å²) < 4.78 is 11.2. The van der Waals surface area contributed by atoms with E-state index < -0.39 is 6.04 Å². The van der Waals surface area contributed by atoms with E-state index in [0.717, 1.165) is 5.56 Å². The van der Waals surface area contributed by atoms with E-state index >= 15 is 0 Å². The second-order valence-corrected chi connectivity index (χ2v) is 8.33. The molecule has 0 radical (unpaired) electrons. The molecule has 1 heterocycles. The maximum absolute atomic E-state index is 13.3. The first-order valence-electron chi connectivity index (χ1n) is 10.8. The van der Waals surface area contributed by atoms with Crippen LogP contribution in [0, 0.1) is 0 Å². The van der Waals surface area contributed by atoms with Gasteiger partial charge in [-0.1, -0.05) is 42.3 Å². The van der Waals surface area contributed by atoms with Gasteiger partial charge in [0.25, 0.3) is 0 Å². The maximum atomic E-state index is 13.3. The number of likely N-dealkylation sites (N-methyl/N-ethyl adjacent to an activating group) is 1. The SMILES string of the molecule is CCNC(=O)C(CC)N(Cc1c(Cl)cccc1Cl)C(=O)CCc1ccc2c(c1)OCCO2. The second kappa shape index (κ2) is 11.4. The van der Waals surface area contributed by atoms with Gasteiger partial charge in [-0.3, -0.25) is 9.59 Å². The van der Waals surface area contributed by atoms with Gasteiger partial charge < -0.3 is 19.7 Å². The van der Waals surface area contributed by atoms with Gasteiger partial charge in [0.1, 0.15) is 19.3 Å². The fourth-order valence-corrected chi connectivity index (χ4v) is 4.22. The average molecular weight is 479 g/mol. The molecule has 172 valence electrons.